The number of piperidine rings is 1. The molecule has 2 aromatic rings. The fourth-order valence-electron chi connectivity index (χ4n) is 4.05. The summed E-state index contributed by atoms with van der Waals surface area (Å²) in [5.74, 6) is -1.70. The van der Waals surface area contributed by atoms with Crippen LogP contribution in [0.25, 0.3) is 0 Å². The predicted octanol–water partition coefficient (Wildman–Crippen LogP) is 5.26. The zero-order valence-electron chi connectivity index (χ0n) is 20.0. The van der Waals surface area contributed by atoms with E-state index in [4.69, 9.17) is 9.98 Å². The Morgan fingerprint density at radius 1 is 1.09 bits per heavy atom. The Labute approximate surface area is 203 Å². The molecule has 2 aliphatic rings. The Balaban J connectivity index is 1.54. The van der Waals surface area contributed by atoms with Crippen molar-refractivity contribution in [2.45, 2.75) is 44.7 Å². The summed E-state index contributed by atoms with van der Waals surface area (Å²) in [4.78, 5) is 24.8. The molecule has 4 rings (SSSR count). The molecule has 0 radical (unpaired) electrons. The first-order valence-electron chi connectivity index (χ1n) is 11.4. The van der Waals surface area contributed by atoms with Gasteiger partial charge in [-0.05, 0) is 30.2 Å². The number of halogens is 2. The topological polar surface area (TPSA) is 57.1 Å². The highest BCUT2D eigenvalue weighted by atomic mass is 32.2. The number of aliphatic imine (C=N–C) groups is 2. The average Bonchev–Trinajstić information content (AvgIpc) is 3.15. The second-order valence-electron chi connectivity index (χ2n) is 9.95. The lowest BCUT2D eigenvalue weighted by Crippen LogP contribution is -2.39. The van der Waals surface area contributed by atoms with E-state index in [0.29, 0.717) is 5.04 Å². The van der Waals surface area contributed by atoms with Crippen molar-refractivity contribution in [3.63, 3.8) is 0 Å². The van der Waals surface area contributed by atoms with E-state index >= 15 is 0 Å². The summed E-state index contributed by atoms with van der Waals surface area (Å²) < 4.78 is 27.3. The zero-order valence-corrected chi connectivity index (χ0v) is 20.8. The number of benzene rings is 2. The predicted molar refractivity (Wildman–Crippen MR) is 136 cm³/mol. The molecule has 0 unspecified atom stereocenters. The smallest absolute Gasteiger partial charge is 0.234 e. The highest BCUT2D eigenvalue weighted by molar-refractivity contribution is 8.16. The van der Waals surface area contributed by atoms with Gasteiger partial charge in [0.15, 0.2) is 5.66 Å². The van der Waals surface area contributed by atoms with Gasteiger partial charge >= 0.3 is 0 Å². The highest BCUT2D eigenvalue weighted by Crippen LogP contribution is 2.35. The maximum atomic E-state index is 13.9. The van der Waals surface area contributed by atoms with Crippen LogP contribution in [-0.4, -0.2) is 53.1 Å². The molecule has 0 saturated carbocycles. The van der Waals surface area contributed by atoms with Gasteiger partial charge in [-0.2, -0.15) is 0 Å². The van der Waals surface area contributed by atoms with Crippen LogP contribution in [0.3, 0.4) is 0 Å². The van der Waals surface area contributed by atoms with E-state index in [9.17, 15) is 13.6 Å². The SMILES string of the molecule is CN1CCC2(CC1)N=C(SCC(=O)Nc1cc(F)ccc1F)C(c1ccc(C(C)(C)C)cc1)=N2. The molecule has 34 heavy (non-hydrogen) atoms. The Bertz CT molecular complexity index is 1130. The minimum atomic E-state index is -0.676. The molecular weight excluding hydrogens is 454 g/mol. The Morgan fingerprint density at radius 3 is 2.41 bits per heavy atom. The second-order valence-corrected chi connectivity index (χ2v) is 10.9. The summed E-state index contributed by atoms with van der Waals surface area (Å²) >= 11 is 1.28. The van der Waals surface area contributed by atoms with Crippen molar-refractivity contribution in [1.82, 2.24) is 4.90 Å². The van der Waals surface area contributed by atoms with Crippen LogP contribution < -0.4 is 5.32 Å². The molecule has 1 fully saturated rings. The van der Waals surface area contributed by atoms with Crippen LogP contribution in [0.15, 0.2) is 52.4 Å². The Hall–Kier alpha value is -2.58. The van der Waals surface area contributed by atoms with E-state index in [0.717, 1.165) is 55.4 Å². The van der Waals surface area contributed by atoms with E-state index in [1.165, 1.54) is 17.3 Å². The van der Waals surface area contributed by atoms with Gasteiger partial charge < -0.3 is 10.2 Å². The number of carbonyl (C=O) groups is 1. The molecule has 0 aliphatic carbocycles. The number of hydrogen-bond acceptors (Lipinski definition) is 5. The van der Waals surface area contributed by atoms with Gasteiger partial charge in [0, 0.05) is 37.6 Å². The first kappa shape index (κ1) is 24.5. The van der Waals surface area contributed by atoms with Crippen molar-refractivity contribution in [2.75, 3.05) is 31.2 Å². The number of hydrogen-bond donors (Lipinski definition) is 1. The molecule has 0 aromatic heterocycles. The summed E-state index contributed by atoms with van der Waals surface area (Å²) in [7, 11) is 2.09. The maximum Gasteiger partial charge on any atom is 0.234 e. The number of amides is 1. The van der Waals surface area contributed by atoms with Gasteiger partial charge in [0.05, 0.1) is 17.2 Å². The molecule has 8 heteroatoms. The monoisotopic (exact) mass is 484 g/mol. The molecule has 0 bridgehead atoms. The lowest BCUT2D eigenvalue weighted by Gasteiger charge is -2.33. The number of thioether (sulfide) groups is 1. The Kier molecular flexibility index (Phi) is 6.92. The quantitative estimate of drug-likeness (QED) is 0.644. The van der Waals surface area contributed by atoms with E-state index in [-0.39, 0.29) is 16.9 Å². The van der Waals surface area contributed by atoms with Gasteiger partial charge in [0.25, 0.3) is 0 Å². The van der Waals surface area contributed by atoms with Crippen molar-refractivity contribution in [1.29, 1.82) is 0 Å². The van der Waals surface area contributed by atoms with Crippen molar-refractivity contribution >= 4 is 34.1 Å². The van der Waals surface area contributed by atoms with Gasteiger partial charge in [-0.25, -0.2) is 13.8 Å². The summed E-state index contributed by atoms with van der Waals surface area (Å²) in [5.41, 5.74) is 2.36. The van der Waals surface area contributed by atoms with Crippen molar-refractivity contribution in [3.8, 4) is 0 Å². The highest BCUT2D eigenvalue weighted by Gasteiger charge is 2.39. The molecule has 5 nitrogen and oxygen atoms in total. The Morgan fingerprint density at radius 2 is 1.76 bits per heavy atom. The molecular formula is C26H30F2N4OS. The van der Waals surface area contributed by atoms with Crippen LogP contribution >= 0.6 is 11.8 Å². The third-order valence-electron chi connectivity index (χ3n) is 6.19. The normalized spacial score (nSPS) is 18.1. The lowest BCUT2D eigenvalue weighted by molar-refractivity contribution is -0.113. The standard InChI is InChI=1S/C26H30F2N4OS/c1-25(2,3)18-7-5-17(6-8-18)23-24(31-26(30-23)11-13-32(4)14-12-26)34-16-22(33)29-21-15-19(27)9-10-20(21)28/h5-10,15H,11-14,16H2,1-4H3,(H,29,33). The molecule has 0 atom stereocenters. The van der Waals surface area contributed by atoms with E-state index in [2.05, 4.69) is 62.3 Å². The third kappa shape index (κ3) is 5.55. The van der Waals surface area contributed by atoms with Crippen molar-refractivity contribution < 1.29 is 13.6 Å². The summed E-state index contributed by atoms with van der Waals surface area (Å²) in [6.07, 6.45) is 1.63. The van der Waals surface area contributed by atoms with E-state index in [1.807, 2.05) is 0 Å². The molecule has 2 heterocycles. The number of likely N-dealkylation sites (tertiary alicyclic amines) is 1. The lowest BCUT2D eigenvalue weighted by atomic mass is 9.86. The molecule has 2 aromatic carbocycles. The van der Waals surface area contributed by atoms with Crippen LogP contribution in [0, 0.1) is 11.6 Å². The number of nitrogens with one attached hydrogen (secondary N) is 1. The largest absolute Gasteiger partial charge is 0.323 e. The molecule has 1 saturated heterocycles. The fraction of sp³-hybridized carbons (Fsp3) is 0.423. The molecule has 2 aliphatic heterocycles. The van der Waals surface area contributed by atoms with Crippen molar-refractivity contribution in [2.24, 2.45) is 9.98 Å². The average molecular weight is 485 g/mol. The summed E-state index contributed by atoms with van der Waals surface area (Å²) in [5, 5.41) is 3.17. The van der Waals surface area contributed by atoms with Gasteiger partial charge in [0.2, 0.25) is 5.91 Å². The van der Waals surface area contributed by atoms with Gasteiger partial charge in [0.1, 0.15) is 16.7 Å². The second kappa shape index (κ2) is 9.58. The van der Waals surface area contributed by atoms with Gasteiger partial charge in [-0.3, -0.25) is 9.79 Å². The fourth-order valence-corrected chi connectivity index (χ4v) is 4.93. The zero-order chi connectivity index (χ0) is 24.5. The first-order chi connectivity index (χ1) is 16.0. The van der Waals surface area contributed by atoms with Crippen molar-refractivity contribution in [3.05, 3.63) is 65.2 Å². The van der Waals surface area contributed by atoms with Crippen LogP contribution in [0.4, 0.5) is 14.5 Å². The maximum absolute atomic E-state index is 13.9. The number of anilines is 1. The van der Waals surface area contributed by atoms with Crippen LogP contribution in [-0.2, 0) is 10.2 Å². The van der Waals surface area contributed by atoms with E-state index in [1.54, 1.807) is 0 Å². The van der Waals surface area contributed by atoms with Gasteiger partial charge in [-0.1, -0.05) is 56.8 Å². The minimum Gasteiger partial charge on any atom is -0.323 e. The third-order valence-corrected chi connectivity index (χ3v) is 7.15. The number of carbonyl (C=O) groups excluding carboxylic acids is 1. The molecule has 180 valence electrons. The minimum absolute atomic E-state index is 0.0177. The van der Waals surface area contributed by atoms with Crippen LogP contribution in [0.2, 0.25) is 0 Å². The molecule has 1 spiro atoms. The summed E-state index contributed by atoms with van der Waals surface area (Å²) in [6.45, 7) is 8.32. The number of nitrogens with zero attached hydrogens (tertiary/aromatic N) is 3. The number of rotatable bonds is 4. The van der Waals surface area contributed by atoms with E-state index < -0.39 is 23.2 Å². The van der Waals surface area contributed by atoms with Crippen LogP contribution in [0.1, 0.15) is 44.7 Å². The van der Waals surface area contributed by atoms with Crippen LogP contribution in [0.5, 0.6) is 0 Å². The molecule has 1 N–H and O–H groups in total. The molecule has 1 amide bonds. The summed E-state index contributed by atoms with van der Waals surface area (Å²) in [6, 6.07) is 11.3. The first-order valence-corrected chi connectivity index (χ1v) is 12.4. The van der Waals surface area contributed by atoms with Gasteiger partial charge in [-0.15, -0.1) is 0 Å².